The molecule has 0 radical (unpaired) electrons. The highest BCUT2D eigenvalue weighted by Crippen LogP contribution is 2.34. The molecule has 2 aromatic carbocycles. The summed E-state index contributed by atoms with van der Waals surface area (Å²) in [5.74, 6) is 1.39. The standard InChI is InChI=1S/C26H38/c1-3-5-7-8-11-17-23(16-6-4-2)22-26(24-18-12-9-13-19-24)25-20-14-10-15-21-25/h9-10,12-15,18-21,23,26H,3-8,11,16-17,22H2,1-2H3. The molecule has 0 aliphatic carbocycles. The van der Waals surface area contributed by atoms with E-state index >= 15 is 0 Å². The van der Waals surface area contributed by atoms with E-state index in [4.69, 9.17) is 0 Å². The van der Waals surface area contributed by atoms with Crippen LogP contribution in [0, 0.1) is 5.92 Å². The monoisotopic (exact) mass is 350 g/mol. The van der Waals surface area contributed by atoms with Crippen LogP contribution >= 0.6 is 0 Å². The average Bonchev–Trinajstić information content (AvgIpc) is 2.70. The smallest absolute Gasteiger partial charge is 0.00919 e. The highest BCUT2D eigenvalue weighted by Gasteiger charge is 2.19. The molecule has 142 valence electrons. The van der Waals surface area contributed by atoms with Crippen molar-refractivity contribution in [3.63, 3.8) is 0 Å². The predicted molar refractivity (Wildman–Crippen MR) is 116 cm³/mol. The molecule has 0 aliphatic rings. The Bertz CT molecular complexity index is 518. The largest absolute Gasteiger partial charge is 0.0654 e. The van der Waals surface area contributed by atoms with Crippen molar-refractivity contribution in [1.82, 2.24) is 0 Å². The van der Waals surface area contributed by atoms with E-state index in [2.05, 4.69) is 74.5 Å². The second kappa shape index (κ2) is 12.7. The number of rotatable bonds is 13. The fourth-order valence-corrected chi connectivity index (χ4v) is 4.08. The number of hydrogen-bond donors (Lipinski definition) is 0. The van der Waals surface area contributed by atoms with E-state index in [1.165, 1.54) is 75.3 Å². The molecule has 2 aromatic rings. The third kappa shape index (κ3) is 7.36. The summed E-state index contributed by atoms with van der Waals surface area (Å²) < 4.78 is 0. The van der Waals surface area contributed by atoms with Crippen LogP contribution in [0.15, 0.2) is 60.7 Å². The van der Waals surface area contributed by atoms with E-state index in [0.29, 0.717) is 5.92 Å². The van der Waals surface area contributed by atoms with Crippen LogP contribution in [-0.2, 0) is 0 Å². The van der Waals surface area contributed by atoms with Crippen LogP contribution in [0.5, 0.6) is 0 Å². The number of benzene rings is 2. The zero-order valence-electron chi connectivity index (χ0n) is 17.0. The minimum absolute atomic E-state index is 0.537. The molecular weight excluding hydrogens is 312 g/mol. The fourth-order valence-electron chi connectivity index (χ4n) is 4.08. The molecule has 0 aromatic heterocycles. The summed E-state index contributed by atoms with van der Waals surface area (Å²) in [6, 6.07) is 22.3. The molecule has 0 saturated carbocycles. The summed E-state index contributed by atoms with van der Waals surface area (Å²) in [5.41, 5.74) is 2.96. The molecule has 0 nitrogen and oxygen atoms in total. The van der Waals surface area contributed by atoms with Gasteiger partial charge in [-0.2, -0.15) is 0 Å². The highest BCUT2D eigenvalue weighted by atomic mass is 14.2. The Morgan fingerprint density at radius 1 is 0.577 bits per heavy atom. The van der Waals surface area contributed by atoms with Crippen molar-refractivity contribution < 1.29 is 0 Å². The van der Waals surface area contributed by atoms with Gasteiger partial charge in [-0.25, -0.2) is 0 Å². The zero-order chi connectivity index (χ0) is 18.5. The molecule has 0 saturated heterocycles. The normalized spacial score (nSPS) is 12.4. The second-order valence-electron chi connectivity index (χ2n) is 7.82. The Balaban J connectivity index is 2.06. The van der Waals surface area contributed by atoms with E-state index in [1.807, 2.05) is 0 Å². The van der Waals surface area contributed by atoms with Crippen molar-refractivity contribution in [1.29, 1.82) is 0 Å². The number of unbranched alkanes of at least 4 members (excludes halogenated alkanes) is 5. The second-order valence-corrected chi connectivity index (χ2v) is 7.82. The molecule has 0 amide bonds. The van der Waals surface area contributed by atoms with Crippen LogP contribution in [-0.4, -0.2) is 0 Å². The minimum Gasteiger partial charge on any atom is -0.0654 e. The van der Waals surface area contributed by atoms with Gasteiger partial charge in [0.1, 0.15) is 0 Å². The van der Waals surface area contributed by atoms with Gasteiger partial charge in [-0.15, -0.1) is 0 Å². The Labute approximate surface area is 162 Å². The number of hydrogen-bond acceptors (Lipinski definition) is 0. The van der Waals surface area contributed by atoms with E-state index < -0.39 is 0 Å². The van der Waals surface area contributed by atoms with Gasteiger partial charge < -0.3 is 0 Å². The topological polar surface area (TPSA) is 0 Å². The lowest BCUT2D eigenvalue weighted by atomic mass is 9.80. The first-order valence-corrected chi connectivity index (χ1v) is 10.9. The molecule has 0 N–H and O–H groups in total. The third-order valence-corrected chi connectivity index (χ3v) is 5.65. The molecular formula is C26H38. The molecule has 0 heterocycles. The van der Waals surface area contributed by atoms with Gasteiger partial charge in [0, 0.05) is 5.92 Å². The van der Waals surface area contributed by atoms with Gasteiger partial charge in [0.2, 0.25) is 0 Å². The summed E-state index contributed by atoms with van der Waals surface area (Å²) in [5, 5.41) is 0. The maximum atomic E-state index is 2.32. The van der Waals surface area contributed by atoms with Crippen molar-refractivity contribution in [2.75, 3.05) is 0 Å². The lowest BCUT2D eigenvalue weighted by Gasteiger charge is -2.25. The summed E-state index contributed by atoms with van der Waals surface area (Å²) >= 11 is 0. The maximum absolute atomic E-state index is 2.32. The molecule has 0 aliphatic heterocycles. The molecule has 2 rings (SSSR count). The van der Waals surface area contributed by atoms with Crippen LogP contribution in [0.3, 0.4) is 0 Å². The predicted octanol–water partition coefficient (Wildman–Crippen LogP) is 8.38. The Morgan fingerprint density at radius 3 is 1.62 bits per heavy atom. The first-order chi connectivity index (χ1) is 12.8. The van der Waals surface area contributed by atoms with Gasteiger partial charge >= 0.3 is 0 Å². The van der Waals surface area contributed by atoms with Crippen LogP contribution < -0.4 is 0 Å². The first kappa shape index (κ1) is 20.7. The van der Waals surface area contributed by atoms with Crippen LogP contribution in [0.4, 0.5) is 0 Å². The lowest BCUT2D eigenvalue weighted by molar-refractivity contribution is 0.372. The van der Waals surface area contributed by atoms with Gasteiger partial charge in [-0.05, 0) is 23.5 Å². The molecule has 1 unspecified atom stereocenters. The maximum Gasteiger partial charge on any atom is 0.00919 e. The fraction of sp³-hybridized carbons (Fsp3) is 0.538. The zero-order valence-corrected chi connectivity index (χ0v) is 17.0. The molecule has 1 atom stereocenters. The molecule has 0 fully saturated rings. The van der Waals surface area contributed by atoms with Crippen LogP contribution in [0.2, 0.25) is 0 Å². The highest BCUT2D eigenvalue weighted by molar-refractivity contribution is 5.32. The molecule has 0 heteroatoms. The average molecular weight is 351 g/mol. The van der Waals surface area contributed by atoms with Crippen molar-refractivity contribution in [2.24, 2.45) is 5.92 Å². The third-order valence-electron chi connectivity index (χ3n) is 5.65. The Kier molecular flexibility index (Phi) is 10.2. The van der Waals surface area contributed by atoms with Gasteiger partial charge in [0.15, 0.2) is 0 Å². The Morgan fingerprint density at radius 2 is 1.08 bits per heavy atom. The van der Waals surface area contributed by atoms with E-state index in [1.54, 1.807) is 0 Å². The summed E-state index contributed by atoms with van der Waals surface area (Å²) in [4.78, 5) is 0. The van der Waals surface area contributed by atoms with Crippen LogP contribution in [0.25, 0.3) is 0 Å². The van der Waals surface area contributed by atoms with Crippen molar-refractivity contribution in [3.05, 3.63) is 71.8 Å². The Hall–Kier alpha value is -1.56. The van der Waals surface area contributed by atoms with Gasteiger partial charge in [-0.3, -0.25) is 0 Å². The van der Waals surface area contributed by atoms with Crippen LogP contribution in [0.1, 0.15) is 95.1 Å². The van der Waals surface area contributed by atoms with E-state index in [-0.39, 0.29) is 0 Å². The minimum atomic E-state index is 0.537. The quantitative estimate of drug-likeness (QED) is 0.318. The summed E-state index contributed by atoms with van der Waals surface area (Å²) in [7, 11) is 0. The van der Waals surface area contributed by atoms with Crippen molar-refractivity contribution >= 4 is 0 Å². The van der Waals surface area contributed by atoms with E-state index in [0.717, 1.165) is 5.92 Å². The summed E-state index contributed by atoms with van der Waals surface area (Å²) in [6.07, 6.45) is 13.7. The van der Waals surface area contributed by atoms with Gasteiger partial charge in [0.25, 0.3) is 0 Å². The SMILES string of the molecule is CCCCCCCC(CCCC)CC(c1ccccc1)c1ccccc1. The molecule has 0 bridgehead atoms. The van der Waals surface area contributed by atoms with Gasteiger partial charge in [0.05, 0.1) is 0 Å². The first-order valence-electron chi connectivity index (χ1n) is 10.9. The van der Waals surface area contributed by atoms with E-state index in [9.17, 15) is 0 Å². The van der Waals surface area contributed by atoms with Crippen molar-refractivity contribution in [3.8, 4) is 0 Å². The molecule has 0 spiro atoms. The lowest BCUT2D eigenvalue weighted by Crippen LogP contribution is -2.10. The summed E-state index contributed by atoms with van der Waals surface area (Å²) in [6.45, 7) is 4.62. The molecule has 26 heavy (non-hydrogen) atoms. The van der Waals surface area contributed by atoms with Crippen molar-refractivity contribution in [2.45, 2.75) is 84.0 Å². The van der Waals surface area contributed by atoms with Gasteiger partial charge in [-0.1, -0.05) is 132 Å².